The number of piperazine rings is 1. The van der Waals surface area contributed by atoms with E-state index < -0.39 is 23.2 Å². The molecule has 6 nitrogen and oxygen atoms in total. The summed E-state index contributed by atoms with van der Waals surface area (Å²) >= 11 is 0. The summed E-state index contributed by atoms with van der Waals surface area (Å²) in [4.78, 5) is 28.1. The van der Waals surface area contributed by atoms with Crippen LogP contribution in [0.2, 0.25) is 0 Å². The van der Waals surface area contributed by atoms with Gasteiger partial charge in [0.1, 0.15) is 5.60 Å². The molecule has 2 aliphatic rings. The van der Waals surface area contributed by atoms with E-state index in [1.807, 2.05) is 6.92 Å². The number of amides is 1. The number of carbonyl (C=O) groups is 2. The van der Waals surface area contributed by atoms with E-state index >= 15 is 0 Å². The van der Waals surface area contributed by atoms with Gasteiger partial charge in [-0.1, -0.05) is 6.92 Å². The van der Waals surface area contributed by atoms with Crippen molar-refractivity contribution in [2.75, 3.05) is 19.6 Å². The van der Waals surface area contributed by atoms with Crippen LogP contribution in [0.3, 0.4) is 0 Å². The average Bonchev–Trinajstić information content (AvgIpc) is 2.81. The van der Waals surface area contributed by atoms with Crippen LogP contribution in [0.25, 0.3) is 0 Å². The summed E-state index contributed by atoms with van der Waals surface area (Å²) in [6, 6.07) is 0.261. The molecule has 0 unspecified atom stereocenters. The second-order valence-electron chi connectivity index (χ2n) is 7.05. The van der Waals surface area contributed by atoms with Gasteiger partial charge in [-0.3, -0.25) is 9.80 Å². The van der Waals surface area contributed by atoms with Crippen LogP contribution in [0, 0.1) is 0 Å². The largest absolute Gasteiger partial charge is 0.479 e. The lowest BCUT2D eigenvalue weighted by molar-refractivity contribution is -0.157. The molecule has 0 aromatic rings. The molecule has 120 valence electrons. The fraction of sp³-hybridized carbons (Fsp3) is 0.867. The van der Waals surface area contributed by atoms with Gasteiger partial charge in [0, 0.05) is 19.1 Å². The molecule has 2 atom stereocenters. The first-order valence-corrected chi connectivity index (χ1v) is 7.67. The van der Waals surface area contributed by atoms with Crippen molar-refractivity contribution in [3.05, 3.63) is 0 Å². The van der Waals surface area contributed by atoms with Gasteiger partial charge in [-0.05, 0) is 46.6 Å². The van der Waals surface area contributed by atoms with Gasteiger partial charge >= 0.3 is 12.1 Å². The lowest BCUT2D eigenvalue weighted by Gasteiger charge is -2.49. The molecular formula is C15H26N2O4. The van der Waals surface area contributed by atoms with Crippen molar-refractivity contribution in [1.29, 1.82) is 0 Å². The number of fused-ring (bicyclic) bond motifs is 1. The first-order chi connectivity index (χ1) is 9.69. The van der Waals surface area contributed by atoms with Gasteiger partial charge in [0.25, 0.3) is 0 Å². The molecule has 0 bridgehead atoms. The third kappa shape index (κ3) is 3.00. The molecule has 0 radical (unpaired) electrons. The van der Waals surface area contributed by atoms with E-state index in [4.69, 9.17) is 4.74 Å². The standard InChI is InChI=1S/C15H26N2O4/c1-5-15(12(18)19)10-16-8-6-7-11(16)9-17(15)13(20)21-14(2,3)4/h11H,5-10H2,1-4H3,(H,18,19)/t11-,15-/m0/s1. The Hall–Kier alpha value is -1.30. The highest BCUT2D eigenvalue weighted by Crippen LogP contribution is 2.34. The van der Waals surface area contributed by atoms with Crippen LogP contribution >= 0.6 is 0 Å². The van der Waals surface area contributed by atoms with Gasteiger partial charge < -0.3 is 9.84 Å². The molecular weight excluding hydrogens is 272 g/mol. The second kappa shape index (κ2) is 5.48. The van der Waals surface area contributed by atoms with E-state index in [0.29, 0.717) is 19.5 Å². The summed E-state index contributed by atoms with van der Waals surface area (Å²) in [5.41, 5.74) is -1.80. The lowest BCUT2D eigenvalue weighted by atomic mass is 9.89. The maximum absolute atomic E-state index is 12.5. The predicted molar refractivity (Wildman–Crippen MR) is 78.2 cm³/mol. The van der Waals surface area contributed by atoms with E-state index in [-0.39, 0.29) is 6.04 Å². The maximum Gasteiger partial charge on any atom is 0.411 e. The van der Waals surface area contributed by atoms with Crippen molar-refractivity contribution < 1.29 is 19.4 Å². The van der Waals surface area contributed by atoms with Crippen LogP contribution < -0.4 is 0 Å². The van der Waals surface area contributed by atoms with Gasteiger partial charge in [0.2, 0.25) is 0 Å². The fourth-order valence-corrected chi connectivity index (χ4v) is 3.32. The van der Waals surface area contributed by atoms with Crippen LogP contribution in [0.5, 0.6) is 0 Å². The number of nitrogens with zero attached hydrogens (tertiary/aromatic N) is 2. The van der Waals surface area contributed by atoms with E-state index in [9.17, 15) is 14.7 Å². The summed E-state index contributed by atoms with van der Waals surface area (Å²) in [5, 5.41) is 9.75. The van der Waals surface area contributed by atoms with Gasteiger partial charge in [0.05, 0.1) is 0 Å². The highest BCUT2D eigenvalue weighted by Gasteiger charge is 2.53. The van der Waals surface area contributed by atoms with Crippen LogP contribution in [-0.2, 0) is 9.53 Å². The number of ether oxygens (including phenoxy) is 1. The molecule has 2 aliphatic heterocycles. The summed E-state index contributed by atoms with van der Waals surface area (Å²) in [6.07, 6.45) is 1.94. The molecule has 6 heteroatoms. The Morgan fingerprint density at radius 2 is 2.05 bits per heavy atom. The number of aliphatic carboxylic acids is 1. The number of hydrogen-bond donors (Lipinski definition) is 1. The molecule has 0 aromatic carbocycles. The number of carboxylic acids is 1. The highest BCUT2D eigenvalue weighted by molar-refractivity contribution is 5.85. The molecule has 2 saturated heterocycles. The second-order valence-corrected chi connectivity index (χ2v) is 7.05. The van der Waals surface area contributed by atoms with Crippen molar-refractivity contribution in [1.82, 2.24) is 9.80 Å². The zero-order valence-corrected chi connectivity index (χ0v) is 13.4. The quantitative estimate of drug-likeness (QED) is 0.843. The molecule has 2 fully saturated rings. The van der Waals surface area contributed by atoms with E-state index in [0.717, 1.165) is 19.4 Å². The smallest absolute Gasteiger partial charge is 0.411 e. The van der Waals surface area contributed by atoms with Gasteiger partial charge in [0.15, 0.2) is 5.54 Å². The van der Waals surface area contributed by atoms with Crippen LogP contribution in [0.4, 0.5) is 4.79 Å². The normalized spacial score (nSPS) is 30.1. The Morgan fingerprint density at radius 3 is 2.57 bits per heavy atom. The van der Waals surface area contributed by atoms with E-state index in [1.54, 1.807) is 20.8 Å². The zero-order valence-electron chi connectivity index (χ0n) is 13.4. The molecule has 0 aromatic heterocycles. The van der Waals surface area contributed by atoms with Gasteiger partial charge in [-0.25, -0.2) is 9.59 Å². The minimum Gasteiger partial charge on any atom is -0.479 e. The van der Waals surface area contributed by atoms with Gasteiger partial charge in [-0.2, -0.15) is 0 Å². The molecule has 1 N–H and O–H groups in total. The molecule has 2 rings (SSSR count). The topological polar surface area (TPSA) is 70.1 Å². The predicted octanol–water partition coefficient (Wildman–Crippen LogP) is 1.93. The molecule has 0 aliphatic carbocycles. The minimum atomic E-state index is -1.18. The average molecular weight is 298 g/mol. The Kier molecular flexibility index (Phi) is 4.19. The minimum absolute atomic E-state index is 0.261. The number of carboxylic acid groups (broad SMARTS) is 1. The first-order valence-electron chi connectivity index (χ1n) is 7.67. The van der Waals surface area contributed by atoms with Crippen molar-refractivity contribution in [3.8, 4) is 0 Å². The third-order valence-electron chi connectivity index (χ3n) is 4.47. The third-order valence-corrected chi connectivity index (χ3v) is 4.47. The number of hydrogen-bond acceptors (Lipinski definition) is 4. The lowest BCUT2D eigenvalue weighted by Crippen LogP contribution is -2.69. The molecule has 0 saturated carbocycles. The van der Waals surface area contributed by atoms with Gasteiger partial charge in [-0.15, -0.1) is 0 Å². The summed E-state index contributed by atoms with van der Waals surface area (Å²) in [5.74, 6) is -0.943. The Morgan fingerprint density at radius 1 is 1.38 bits per heavy atom. The zero-order chi connectivity index (χ0) is 15.8. The summed E-state index contributed by atoms with van der Waals surface area (Å²) in [6.45, 7) is 8.96. The summed E-state index contributed by atoms with van der Waals surface area (Å²) in [7, 11) is 0. The molecule has 21 heavy (non-hydrogen) atoms. The molecule has 0 spiro atoms. The highest BCUT2D eigenvalue weighted by atomic mass is 16.6. The number of rotatable bonds is 2. The van der Waals surface area contributed by atoms with Crippen molar-refractivity contribution in [2.45, 2.75) is 64.1 Å². The fourth-order valence-electron chi connectivity index (χ4n) is 3.32. The van der Waals surface area contributed by atoms with Crippen molar-refractivity contribution >= 4 is 12.1 Å². The molecule has 1 amide bonds. The van der Waals surface area contributed by atoms with E-state index in [1.165, 1.54) is 4.90 Å². The SMILES string of the molecule is CC[C@@]1(C(=O)O)CN2CCC[C@H]2CN1C(=O)OC(C)(C)C. The van der Waals surface area contributed by atoms with Crippen molar-refractivity contribution in [2.24, 2.45) is 0 Å². The summed E-state index contributed by atoms with van der Waals surface area (Å²) < 4.78 is 5.44. The van der Waals surface area contributed by atoms with Crippen LogP contribution in [0.15, 0.2) is 0 Å². The van der Waals surface area contributed by atoms with Crippen LogP contribution in [0.1, 0.15) is 47.0 Å². The Balaban J connectivity index is 2.29. The van der Waals surface area contributed by atoms with Crippen LogP contribution in [-0.4, -0.2) is 63.8 Å². The Labute approximate surface area is 126 Å². The Bertz CT molecular complexity index is 432. The molecule has 2 heterocycles. The first kappa shape index (κ1) is 16.1. The number of carbonyl (C=O) groups excluding carboxylic acids is 1. The maximum atomic E-state index is 12.5. The monoisotopic (exact) mass is 298 g/mol. The van der Waals surface area contributed by atoms with E-state index in [2.05, 4.69) is 4.90 Å². The van der Waals surface area contributed by atoms with Crippen molar-refractivity contribution in [3.63, 3.8) is 0 Å².